The molecule has 0 spiro atoms. The number of hydrogen-bond acceptors (Lipinski definition) is 2. The molecule has 1 aliphatic heterocycles. The highest BCUT2D eigenvalue weighted by molar-refractivity contribution is 5.37. The monoisotopic (exact) mass is 219 g/mol. The van der Waals surface area contributed by atoms with Gasteiger partial charge in [0, 0.05) is 12.7 Å². The van der Waals surface area contributed by atoms with Crippen LogP contribution in [-0.2, 0) is 0 Å². The van der Waals surface area contributed by atoms with Crippen molar-refractivity contribution in [2.24, 2.45) is 11.1 Å². The number of rotatable bonds is 1. The largest absolute Gasteiger partial charge is 0.358 e. The molecule has 1 heterocycles. The normalized spacial score (nSPS) is 23.4. The van der Waals surface area contributed by atoms with Gasteiger partial charge >= 0.3 is 0 Å². The second-order valence-electron chi connectivity index (χ2n) is 5.95. The topological polar surface area (TPSA) is 29.3 Å². The fourth-order valence-electron chi connectivity index (χ4n) is 2.34. The van der Waals surface area contributed by atoms with Crippen molar-refractivity contribution in [3.05, 3.63) is 29.8 Å². The standard InChI is InChI=1S/C14H23N2/c1-14(2,3)13(15)16-9-8-11-6-4-5-7-12(11)10-16/h7-9,13H,4-6,10,15H2,1-3H3. The molecular weight excluding hydrogens is 196 g/mol. The van der Waals surface area contributed by atoms with Gasteiger partial charge in [0.2, 0.25) is 0 Å². The molecule has 1 atom stereocenters. The molecule has 89 valence electrons. The number of allylic oxidation sites excluding steroid dienone is 2. The second-order valence-corrected chi connectivity index (χ2v) is 5.95. The van der Waals surface area contributed by atoms with Crippen molar-refractivity contribution in [3.63, 3.8) is 0 Å². The van der Waals surface area contributed by atoms with Gasteiger partial charge in [-0.2, -0.15) is 0 Å². The van der Waals surface area contributed by atoms with E-state index in [9.17, 15) is 0 Å². The summed E-state index contributed by atoms with van der Waals surface area (Å²) in [6.45, 7) is 7.57. The molecule has 0 saturated heterocycles. The van der Waals surface area contributed by atoms with Crippen LogP contribution in [-0.4, -0.2) is 17.6 Å². The van der Waals surface area contributed by atoms with Crippen LogP contribution < -0.4 is 5.73 Å². The molecule has 0 bridgehead atoms. The Bertz CT molecular complexity index is 320. The lowest BCUT2D eigenvalue weighted by molar-refractivity contribution is 0.159. The number of nitrogens with two attached hydrogens (primary N) is 1. The van der Waals surface area contributed by atoms with Crippen molar-refractivity contribution < 1.29 is 0 Å². The minimum absolute atomic E-state index is 0.0909. The van der Waals surface area contributed by atoms with Gasteiger partial charge in [-0.3, -0.25) is 0 Å². The SMILES string of the molecule is CC(C)(C)C(N)N1C=CC2=C([CH]CCC2)C1. The molecule has 0 aromatic carbocycles. The first-order chi connectivity index (χ1) is 7.48. The third kappa shape index (κ3) is 2.32. The van der Waals surface area contributed by atoms with Crippen molar-refractivity contribution in [2.45, 2.75) is 46.2 Å². The Hall–Kier alpha value is -0.760. The van der Waals surface area contributed by atoms with Gasteiger partial charge in [0.25, 0.3) is 0 Å². The molecule has 16 heavy (non-hydrogen) atoms. The molecule has 1 aliphatic carbocycles. The molecule has 0 fully saturated rings. The number of hydrogen-bond donors (Lipinski definition) is 1. The predicted octanol–water partition coefficient (Wildman–Crippen LogP) is 2.83. The maximum Gasteiger partial charge on any atom is 0.0817 e. The fourth-order valence-corrected chi connectivity index (χ4v) is 2.34. The zero-order chi connectivity index (χ0) is 11.8. The Morgan fingerprint density at radius 2 is 2.06 bits per heavy atom. The van der Waals surface area contributed by atoms with E-state index in [1.807, 2.05) is 0 Å². The van der Waals surface area contributed by atoms with E-state index in [0.29, 0.717) is 0 Å². The highest BCUT2D eigenvalue weighted by Gasteiger charge is 2.28. The molecule has 0 saturated carbocycles. The van der Waals surface area contributed by atoms with Gasteiger partial charge in [-0.1, -0.05) is 20.8 Å². The third-order valence-corrected chi connectivity index (χ3v) is 3.52. The smallest absolute Gasteiger partial charge is 0.0817 e. The summed E-state index contributed by atoms with van der Waals surface area (Å²) < 4.78 is 0. The van der Waals surface area contributed by atoms with Gasteiger partial charge < -0.3 is 10.6 Å². The van der Waals surface area contributed by atoms with Gasteiger partial charge in [0.15, 0.2) is 0 Å². The zero-order valence-corrected chi connectivity index (χ0v) is 10.7. The van der Waals surface area contributed by atoms with Crippen molar-refractivity contribution in [3.8, 4) is 0 Å². The van der Waals surface area contributed by atoms with E-state index in [-0.39, 0.29) is 11.6 Å². The molecular formula is C14H23N2. The summed E-state index contributed by atoms with van der Waals surface area (Å²) in [5.74, 6) is 0. The van der Waals surface area contributed by atoms with Crippen molar-refractivity contribution in [2.75, 3.05) is 6.54 Å². The van der Waals surface area contributed by atoms with E-state index in [2.05, 4.69) is 44.4 Å². The molecule has 2 heteroatoms. The zero-order valence-electron chi connectivity index (χ0n) is 10.7. The molecule has 2 aliphatic rings. The summed E-state index contributed by atoms with van der Waals surface area (Å²) in [5.41, 5.74) is 9.42. The van der Waals surface area contributed by atoms with Crippen LogP contribution >= 0.6 is 0 Å². The first-order valence-electron chi connectivity index (χ1n) is 6.23. The minimum Gasteiger partial charge on any atom is -0.358 e. The van der Waals surface area contributed by atoms with Gasteiger partial charge in [0.1, 0.15) is 0 Å². The average molecular weight is 219 g/mol. The van der Waals surface area contributed by atoms with Crippen LogP contribution in [0.5, 0.6) is 0 Å². The summed E-state index contributed by atoms with van der Waals surface area (Å²) in [7, 11) is 0. The molecule has 0 aromatic heterocycles. The summed E-state index contributed by atoms with van der Waals surface area (Å²) in [6, 6.07) is 0. The first kappa shape index (κ1) is 11.7. The van der Waals surface area contributed by atoms with Crippen LogP contribution in [0, 0.1) is 11.8 Å². The van der Waals surface area contributed by atoms with Crippen LogP contribution in [0.4, 0.5) is 0 Å². The van der Waals surface area contributed by atoms with E-state index in [4.69, 9.17) is 5.73 Å². The summed E-state index contributed by atoms with van der Waals surface area (Å²) in [5, 5.41) is 0. The predicted molar refractivity (Wildman–Crippen MR) is 68.5 cm³/mol. The van der Waals surface area contributed by atoms with E-state index >= 15 is 0 Å². The lowest BCUT2D eigenvalue weighted by Gasteiger charge is -2.40. The molecule has 2 nitrogen and oxygen atoms in total. The Labute approximate surface area is 99.2 Å². The van der Waals surface area contributed by atoms with Gasteiger partial charge in [-0.15, -0.1) is 0 Å². The van der Waals surface area contributed by atoms with Gasteiger partial charge in [-0.05, 0) is 48.3 Å². The van der Waals surface area contributed by atoms with Crippen LogP contribution in [0.25, 0.3) is 0 Å². The van der Waals surface area contributed by atoms with Crippen LogP contribution in [0.1, 0.15) is 40.0 Å². The molecule has 2 N–H and O–H groups in total. The van der Waals surface area contributed by atoms with Crippen LogP contribution in [0.15, 0.2) is 23.4 Å². The third-order valence-electron chi connectivity index (χ3n) is 3.52. The lowest BCUT2D eigenvalue weighted by Crippen LogP contribution is -2.49. The quantitative estimate of drug-likeness (QED) is 0.735. The summed E-state index contributed by atoms with van der Waals surface area (Å²) in [4.78, 5) is 2.26. The number of nitrogens with zero attached hydrogens (tertiary/aromatic N) is 1. The molecule has 0 aromatic rings. The minimum atomic E-state index is 0.0909. The Morgan fingerprint density at radius 1 is 1.31 bits per heavy atom. The van der Waals surface area contributed by atoms with Crippen molar-refractivity contribution >= 4 is 0 Å². The van der Waals surface area contributed by atoms with E-state index in [1.54, 1.807) is 0 Å². The highest BCUT2D eigenvalue weighted by Crippen LogP contribution is 2.31. The van der Waals surface area contributed by atoms with E-state index in [0.717, 1.165) is 6.54 Å². The van der Waals surface area contributed by atoms with Gasteiger partial charge in [-0.25, -0.2) is 0 Å². The molecule has 0 amide bonds. The van der Waals surface area contributed by atoms with Crippen molar-refractivity contribution in [1.29, 1.82) is 0 Å². The van der Waals surface area contributed by atoms with Crippen molar-refractivity contribution in [1.82, 2.24) is 4.90 Å². The summed E-state index contributed by atoms with van der Waals surface area (Å²) in [6.07, 6.45) is 10.7. The maximum absolute atomic E-state index is 6.29. The highest BCUT2D eigenvalue weighted by atomic mass is 15.2. The van der Waals surface area contributed by atoms with Crippen LogP contribution in [0.3, 0.4) is 0 Å². The Balaban J connectivity index is 2.08. The molecule has 1 radical (unpaired) electrons. The summed E-state index contributed by atoms with van der Waals surface area (Å²) >= 11 is 0. The Kier molecular flexibility index (Phi) is 3.11. The fraction of sp³-hybridized carbons (Fsp3) is 0.643. The van der Waals surface area contributed by atoms with E-state index in [1.165, 1.54) is 30.4 Å². The second kappa shape index (κ2) is 4.25. The lowest BCUT2D eigenvalue weighted by atomic mass is 9.87. The molecule has 2 rings (SSSR count). The van der Waals surface area contributed by atoms with Crippen LogP contribution in [0.2, 0.25) is 0 Å². The maximum atomic E-state index is 6.29. The Morgan fingerprint density at radius 3 is 2.75 bits per heavy atom. The van der Waals surface area contributed by atoms with E-state index < -0.39 is 0 Å². The van der Waals surface area contributed by atoms with Gasteiger partial charge in [0.05, 0.1) is 6.17 Å². The average Bonchev–Trinajstić information content (AvgIpc) is 2.26. The molecule has 1 unspecified atom stereocenters. The first-order valence-corrected chi connectivity index (χ1v) is 6.23.